The van der Waals surface area contributed by atoms with Gasteiger partial charge in [-0.15, -0.1) is 0 Å². The summed E-state index contributed by atoms with van der Waals surface area (Å²) in [5.41, 5.74) is 3.69. The van der Waals surface area contributed by atoms with Gasteiger partial charge in [-0.2, -0.15) is 0 Å². The third kappa shape index (κ3) is 3.66. The molecule has 1 amide bonds. The lowest BCUT2D eigenvalue weighted by Crippen LogP contribution is -2.23. The first-order valence-electron chi connectivity index (χ1n) is 7.82. The first-order valence-corrected chi connectivity index (χ1v) is 7.82. The number of amides is 1. The molecule has 1 aromatic heterocycles. The minimum absolute atomic E-state index is 0.0814. The number of carbonyl (C=O) groups is 1. The highest BCUT2D eigenvalue weighted by molar-refractivity contribution is 5.95. The lowest BCUT2D eigenvalue weighted by Gasteiger charge is -2.13. The van der Waals surface area contributed by atoms with E-state index in [9.17, 15) is 4.79 Å². The van der Waals surface area contributed by atoms with Crippen LogP contribution in [0.3, 0.4) is 0 Å². The normalized spacial score (nSPS) is 10.4. The van der Waals surface area contributed by atoms with E-state index in [0.717, 1.165) is 22.6 Å². The number of rotatable bonds is 5. The van der Waals surface area contributed by atoms with Crippen molar-refractivity contribution in [2.24, 2.45) is 0 Å². The van der Waals surface area contributed by atoms with Crippen LogP contribution in [-0.4, -0.2) is 20.0 Å². The Bertz CT molecular complexity index is 823. The monoisotopic (exact) mass is 320 g/mol. The molecule has 1 N–H and O–H groups in total. The molecule has 0 aliphatic rings. The summed E-state index contributed by atoms with van der Waals surface area (Å²) < 4.78 is 5.41. The molecule has 0 saturated heterocycles. The van der Waals surface area contributed by atoms with Gasteiger partial charge in [-0.05, 0) is 42.0 Å². The second-order valence-electron chi connectivity index (χ2n) is 5.81. The van der Waals surface area contributed by atoms with Gasteiger partial charge in [0, 0.05) is 37.5 Å². The first kappa shape index (κ1) is 15.9. The summed E-state index contributed by atoms with van der Waals surface area (Å²) in [5, 5.41) is 2.97. The van der Waals surface area contributed by atoms with E-state index >= 15 is 0 Å². The molecule has 0 radical (unpaired) electrons. The van der Waals surface area contributed by atoms with E-state index in [0.29, 0.717) is 12.1 Å². The number of furan rings is 1. The summed E-state index contributed by atoms with van der Waals surface area (Å²) in [4.78, 5) is 14.3. The van der Waals surface area contributed by atoms with Crippen LogP contribution in [0, 0.1) is 0 Å². The van der Waals surface area contributed by atoms with Crippen LogP contribution in [0.2, 0.25) is 0 Å². The molecule has 0 aliphatic carbocycles. The van der Waals surface area contributed by atoms with Crippen molar-refractivity contribution in [1.29, 1.82) is 0 Å². The molecule has 0 aliphatic heterocycles. The van der Waals surface area contributed by atoms with Gasteiger partial charge in [0.25, 0.3) is 5.91 Å². The summed E-state index contributed by atoms with van der Waals surface area (Å²) in [6.07, 6.45) is 1.65. The van der Waals surface area contributed by atoms with Crippen LogP contribution in [0.15, 0.2) is 71.3 Å². The van der Waals surface area contributed by atoms with Crippen LogP contribution in [0.25, 0.3) is 11.3 Å². The fourth-order valence-corrected chi connectivity index (χ4v) is 2.49. The Morgan fingerprint density at radius 2 is 1.88 bits per heavy atom. The van der Waals surface area contributed by atoms with Crippen LogP contribution in [0.4, 0.5) is 5.69 Å². The average molecular weight is 320 g/mol. The molecule has 0 saturated carbocycles. The molecule has 0 spiro atoms. The van der Waals surface area contributed by atoms with E-state index in [-0.39, 0.29) is 5.91 Å². The molecule has 3 rings (SSSR count). The topological polar surface area (TPSA) is 45.5 Å². The zero-order valence-corrected chi connectivity index (χ0v) is 13.8. The van der Waals surface area contributed by atoms with Gasteiger partial charge >= 0.3 is 0 Å². The van der Waals surface area contributed by atoms with E-state index in [2.05, 4.69) is 5.32 Å². The third-order valence-electron chi connectivity index (χ3n) is 3.81. The Kier molecular flexibility index (Phi) is 4.66. The lowest BCUT2D eigenvalue weighted by atomic mass is 10.1. The molecule has 24 heavy (non-hydrogen) atoms. The fraction of sp³-hybridized carbons (Fsp3) is 0.150. The van der Waals surface area contributed by atoms with Crippen molar-refractivity contribution >= 4 is 11.6 Å². The number of anilines is 1. The predicted molar refractivity (Wildman–Crippen MR) is 96.1 cm³/mol. The molecule has 1 heterocycles. The van der Waals surface area contributed by atoms with Crippen LogP contribution in [0.5, 0.6) is 0 Å². The minimum Gasteiger partial charge on any atom is -0.464 e. The molecule has 0 unspecified atom stereocenters. The van der Waals surface area contributed by atoms with E-state index in [1.54, 1.807) is 6.26 Å². The summed E-state index contributed by atoms with van der Waals surface area (Å²) >= 11 is 0. The predicted octanol–water partition coefficient (Wildman–Crippen LogP) is 3.94. The molecule has 2 aromatic carbocycles. The molecule has 4 heteroatoms. The number of carbonyl (C=O) groups excluding carboxylic acids is 1. The minimum atomic E-state index is -0.0814. The van der Waals surface area contributed by atoms with E-state index in [1.165, 1.54) is 0 Å². The van der Waals surface area contributed by atoms with Gasteiger partial charge in [0.15, 0.2) is 0 Å². The molecular formula is C20H20N2O2. The highest BCUT2D eigenvalue weighted by Gasteiger charge is 2.08. The van der Waals surface area contributed by atoms with Gasteiger partial charge in [-0.3, -0.25) is 4.79 Å². The second-order valence-corrected chi connectivity index (χ2v) is 5.81. The quantitative estimate of drug-likeness (QED) is 0.774. The van der Waals surface area contributed by atoms with Crippen LogP contribution >= 0.6 is 0 Å². The molecule has 0 fully saturated rings. The van der Waals surface area contributed by atoms with Gasteiger partial charge in [0.05, 0.1) is 6.26 Å². The van der Waals surface area contributed by atoms with Gasteiger partial charge in [0.1, 0.15) is 5.76 Å². The Hall–Kier alpha value is -3.01. The Morgan fingerprint density at radius 3 is 2.62 bits per heavy atom. The SMILES string of the molecule is CN(C)c1cccc(C(=O)NCc2cccc(-c3ccco3)c2)c1. The molecule has 0 bridgehead atoms. The maximum atomic E-state index is 12.4. The van der Waals surface area contributed by atoms with Crippen molar-refractivity contribution in [1.82, 2.24) is 5.32 Å². The smallest absolute Gasteiger partial charge is 0.251 e. The van der Waals surface area contributed by atoms with Crippen molar-refractivity contribution in [3.63, 3.8) is 0 Å². The Morgan fingerprint density at radius 1 is 1.04 bits per heavy atom. The summed E-state index contributed by atoms with van der Waals surface area (Å²) in [7, 11) is 3.91. The Balaban J connectivity index is 1.68. The molecule has 0 atom stereocenters. The summed E-state index contributed by atoms with van der Waals surface area (Å²) in [5.74, 6) is 0.740. The third-order valence-corrected chi connectivity index (χ3v) is 3.81. The van der Waals surface area contributed by atoms with Crippen molar-refractivity contribution in [3.8, 4) is 11.3 Å². The molecule has 122 valence electrons. The largest absolute Gasteiger partial charge is 0.464 e. The van der Waals surface area contributed by atoms with Crippen LogP contribution in [0.1, 0.15) is 15.9 Å². The highest BCUT2D eigenvalue weighted by Crippen LogP contribution is 2.20. The van der Waals surface area contributed by atoms with E-state index in [1.807, 2.05) is 79.7 Å². The van der Waals surface area contributed by atoms with Crippen LogP contribution < -0.4 is 10.2 Å². The summed E-state index contributed by atoms with van der Waals surface area (Å²) in [6.45, 7) is 0.472. The molecule has 4 nitrogen and oxygen atoms in total. The van der Waals surface area contributed by atoms with Crippen molar-refractivity contribution < 1.29 is 9.21 Å². The van der Waals surface area contributed by atoms with Crippen molar-refractivity contribution in [3.05, 3.63) is 78.1 Å². The van der Waals surface area contributed by atoms with Gasteiger partial charge in [0.2, 0.25) is 0 Å². The number of nitrogens with zero attached hydrogens (tertiary/aromatic N) is 1. The lowest BCUT2D eigenvalue weighted by molar-refractivity contribution is 0.0951. The maximum Gasteiger partial charge on any atom is 0.251 e. The van der Waals surface area contributed by atoms with Crippen LogP contribution in [-0.2, 0) is 6.54 Å². The zero-order chi connectivity index (χ0) is 16.9. The first-order chi connectivity index (χ1) is 11.6. The number of hydrogen-bond acceptors (Lipinski definition) is 3. The van der Waals surface area contributed by atoms with E-state index in [4.69, 9.17) is 4.42 Å². The second kappa shape index (κ2) is 7.04. The standard InChI is InChI=1S/C20H20N2O2/c1-22(2)18-9-4-8-17(13-18)20(23)21-14-15-6-3-7-16(12-15)19-10-5-11-24-19/h3-13H,14H2,1-2H3,(H,21,23). The number of nitrogens with one attached hydrogen (secondary N) is 1. The Labute approximate surface area is 141 Å². The van der Waals surface area contributed by atoms with Gasteiger partial charge in [-0.25, -0.2) is 0 Å². The molecular weight excluding hydrogens is 300 g/mol. The summed E-state index contributed by atoms with van der Waals surface area (Å²) in [6, 6.07) is 19.3. The van der Waals surface area contributed by atoms with E-state index < -0.39 is 0 Å². The highest BCUT2D eigenvalue weighted by atomic mass is 16.3. The fourth-order valence-electron chi connectivity index (χ4n) is 2.49. The number of hydrogen-bond donors (Lipinski definition) is 1. The van der Waals surface area contributed by atoms with Crippen molar-refractivity contribution in [2.75, 3.05) is 19.0 Å². The van der Waals surface area contributed by atoms with Crippen molar-refractivity contribution in [2.45, 2.75) is 6.54 Å². The number of benzene rings is 2. The van der Waals surface area contributed by atoms with Gasteiger partial charge < -0.3 is 14.6 Å². The maximum absolute atomic E-state index is 12.4. The average Bonchev–Trinajstić information content (AvgIpc) is 3.15. The van der Waals surface area contributed by atoms with Gasteiger partial charge in [-0.1, -0.05) is 24.3 Å². The molecule has 3 aromatic rings. The zero-order valence-electron chi connectivity index (χ0n) is 13.8.